The highest BCUT2D eigenvalue weighted by molar-refractivity contribution is 7.16. The average molecular weight is 469 g/mol. The Bertz CT molecular complexity index is 614. The van der Waals surface area contributed by atoms with Gasteiger partial charge in [-0.3, -0.25) is 0 Å². The molecule has 0 saturated heterocycles. The van der Waals surface area contributed by atoms with Crippen molar-refractivity contribution in [3.63, 3.8) is 0 Å². The Labute approximate surface area is 198 Å². The van der Waals surface area contributed by atoms with Gasteiger partial charge in [0.15, 0.2) is 11.6 Å². The number of hydrogen-bond acceptors (Lipinski definition) is 1. The molecule has 1 saturated carbocycles. The Balaban J connectivity index is 1.64. The number of halogens is 2. The van der Waals surface area contributed by atoms with E-state index in [4.69, 9.17) is 4.74 Å². The van der Waals surface area contributed by atoms with E-state index in [0.717, 1.165) is 44.4 Å². The van der Waals surface area contributed by atoms with Crippen molar-refractivity contribution in [2.75, 3.05) is 12.8 Å². The summed E-state index contributed by atoms with van der Waals surface area (Å²) in [6.07, 6.45) is 21.7. The van der Waals surface area contributed by atoms with Gasteiger partial charge in [-0.15, -0.1) is 9.24 Å². The summed E-state index contributed by atoms with van der Waals surface area (Å²) in [4.78, 5) is 0. The molecule has 1 unspecified atom stereocenters. The van der Waals surface area contributed by atoms with Crippen LogP contribution in [0.2, 0.25) is 0 Å². The fraction of sp³-hybridized carbons (Fsp3) is 0.786. The number of ether oxygens (including phenoxy) is 1. The van der Waals surface area contributed by atoms with Crippen LogP contribution in [0.15, 0.2) is 12.1 Å². The van der Waals surface area contributed by atoms with E-state index in [0.29, 0.717) is 12.2 Å². The summed E-state index contributed by atoms with van der Waals surface area (Å²) in [6, 6.07) is 3.42. The van der Waals surface area contributed by atoms with Crippen molar-refractivity contribution < 1.29 is 13.5 Å². The van der Waals surface area contributed by atoms with Crippen LogP contribution in [0, 0.1) is 17.6 Å². The van der Waals surface area contributed by atoms with Gasteiger partial charge in [-0.05, 0) is 68.2 Å². The molecule has 1 nitrogen and oxygen atoms in total. The lowest BCUT2D eigenvalue weighted by Gasteiger charge is -2.29. The number of unbranched alkanes of at least 4 members (excludes halogenated alkanes) is 10. The normalized spacial score (nSPS) is 18.8. The van der Waals surface area contributed by atoms with Crippen molar-refractivity contribution in [3.05, 3.63) is 29.3 Å². The van der Waals surface area contributed by atoms with Gasteiger partial charge in [-0.25, -0.2) is 4.39 Å². The van der Waals surface area contributed by atoms with E-state index in [1.165, 1.54) is 76.8 Å². The lowest BCUT2D eigenvalue weighted by molar-refractivity contribution is 0.279. The van der Waals surface area contributed by atoms with Crippen LogP contribution in [-0.4, -0.2) is 12.8 Å². The minimum Gasteiger partial charge on any atom is -0.490 e. The minimum atomic E-state index is -0.793. The Kier molecular flexibility index (Phi) is 14.5. The third-order valence-corrected chi connectivity index (χ3v) is 7.59. The van der Waals surface area contributed by atoms with E-state index in [-0.39, 0.29) is 11.7 Å². The highest BCUT2D eigenvalue weighted by atomic mass is 31.0. The van der Waals surface area contributed by atoms with Gasteiger partial charge in [0.2, 0.25) is 5.82 Å². The summed E-state index contributed by atoms with van der Waals surface area (Å²) in [7, 11) is 2.79. The van der Waals surface area contributed by atoms with Crippen LogP contribution in [0.5, 0.6) is 5.75 Å². The van der Waals surface area contributed by atoms with Gasteiger partial charge in [-0.1, -0.05) is 83.6 Å². The molecule has 0 bridgehead atoms. The van der Waals surface area contributed by atoms with Crippen LogP contribution in [0.3, 0.4) is 0 Å². The van der Waals surface area contributed by atoms with E-state index in [2.05, 4.69) is 16.2 Å². The summed E-state index contributed by atoms with van der Waals surface area (Å²) in [5.74, 6) is -0.472. The zero-order chi connectivity index (χ0) is 23.0. The molecule has 0 aromatic heterocycles. The van der Waals surface area contributed by atoms with Crippen molar-refractivity contribution in [1.29, 1.82) is 0 Å². The van der Waals surface area contributed by atoms with E-state index < -0.39 is 11.6 Å². The molecule has 2 rings (SSSR count). The topological polar surface area (TPSA) is 9.23 Å². The molecule has 0 heterocycles. The van der Waals surface area contributed by atoms with Crippen LogP contribution in [0.4, 0.5) is 8.78 Å². The van der Waals surface area contributed by atoms with Gasteiger partial charge < -0.3 is 4.74 Å². The van der Waals surface area contributed by atoms with Crippen molar-refractivity contribution in [2.45, 2.75) is 122 Å². The Morgan fingerprint density at radius 1 is 0.781 bits per heavy atom. The zero-order valence-electron chi connectivity index (χ0n) is 20.5. The predicted octanol–water partition coefficient (Wildman–Crippen LogP) is 9.58. The smallest absolute Gasteiger partial charge is 0.200 e. The second kappa shape index (κ2) is 16.9. The fourth-order valence-corrected chi connectivity index (χ4v) is 5.37. The zero-order valence-corrected chi connectivity index (χ0v) is 21.6. The summed E-state index contributed by atoms with van der Waals surface area (Å²) in [5.41, 5.74) is 0.555. The van der Waals surface area contributed by atoms with Crippen molar-refractivity contribution in [3.8, 4) is 5.75 Å². The Morgan fingerprint density at radius 3 is 2.03 bits per heavy atom. The molecule has 1 aliphatic rings. The van der Waals surface area contributed by atoms with E-state index in [1.54, 1.807) is 12.1 Å². The summed E-state index contributed by atoms with van der Waals surface area (Å²) in [5, 5.41) is 0. The summed E-state index contributed by atoms with van der Waals surface area (Å²) < 4.78 is 35.0. The largest absolute Gasteiger partial charge is 0.490 e. The maximum Gasteiger partial charge on any atom is 0.200 e. The number of benzene rings is 1. The van der Waals surface area contributed by atoms with Gasteiger partial charge >= 0.3 is 0 Å². The molecule has 4 heteroatoms. The lowest BCUT2D eigenvalue weighted by Crippen LogP contribution is -2.15. The second-order valence-corrected chi connectivity index (χ2v) is 10.4. The first kappa shape index (κ1) is 27.6. The van der Waals surface area contributed by atoms with Gasteiger partial charge in [0.1, 0.15) is 0 Å². The Hall–Kier alpha value is -0.690. The maximum atomic E-state index is 14.8. The molecule has 1 aromatic carbocycles. The summed E-state index contributed by atoms with van der Waals surface area (Å²) in [6.45, 7) is 2.70. The average Bonchev–Trinajstić information content (AvgIpc) is 2.81. The van der Waals surface area contributed by atoms with Crippen molar-refractivity contribution >= 4 is 9.24 Å². The molecule has 32 heavy (non-hydrogen) atoms. The molecule has 0 N–H and O–H groups in total. The van der Waals surface area contributed by atoms with Gasteiger partial charge in [-0.2, -0.15) is 4.39 Å². The molecule has 184 valence electrons. The van der Waals surface area contributed by atoms with Crippen LogP contribution in [-0.2, 0) is 0 Å². The Morgan fingerprint density at radius 2 is 1.41 bits per heavy atom. The first-order chi connectivity index (χ1) is 15.7. The predicted molar refractivity (Wildman–Crippen MR) is 137 cm³/mol. The SMILES string of the molecule is CCCCCC1CCC(c2ccc(OCCCCCCCCCCCP)c(F)c2F)CC1. The van der Waals surface area contributed by atoms with Gasteiger partial charge in [0.25, 0.3) is 0 Å². The standard InChI is InChI=1S/C28H47F2OP/c1-2-3-11-14-23-15-17-24(18-16-23)25-19-20-26(28(30)27(25)29)31-21-12-9-7-5-4-6-8-10-13-22-32/h19-20,23-24H,2-18,21-22,32H2,1H3. The van der Waals surface area contributed by atoms with Crippen LogP contribution >= 0.6 is 9.24 Å². The molecule has 0 radical (unpaired) electrons. The summed E-state index contributed by atoms with van der Waals surface area (Å²) >= 11 is 0. The molecule has 1 aliphatic carbocycles. The fourth-order valence-electron chi connectivity index (χ4n) is 5.08. The van der Waals surface area contributed by atoms with Crippen LogP contribution in [0.25, 0.3) is 0 Å². The molecular formula is C28H47F2OP. The lowest BCUT2D eigenvalue weighted by atomic mass is 9.77. The highest BCUT2D eigenvalue weighted by Crippen LogP contribution is 2.40. The maximum absolute atomic E-state index is 14.8. The first-order valence-electron chi connectivity index (χ1n) is 13.5. The first-order valence-corrected chi connectivity index (χ1v) is 14.3. The molecule has 1 atom stereocenters. The third-order valence-electron chi connectivity index (χ3n) is 7.19. The van der Waals surface area contributed by atoms with E-state index >= 15 is 0 Å². The third kappa shape index (κ3) is 10.1. The molecule has 0 spiro atoms. The quantitative estimate of drug-likeness (QED) is 0.163. The molecule has 0 amide bonds. The van der Waals surface area contributed by atoms with Crippen molar-refractivity contribution in [2.24, 2.45) is 5.92 Å². The van der Waals surface area contributed by atoms with Crippen LogP contribution in [0.1, 0.15) is 128 Å². The van der Waals surface area contributed by atoms with E-state index in [9.17, 15) is 8.78 Å². The molecule has 0 aliphatic heterocycles. The monoisotopic (exact) mass is 468 g/mol. The van der Waals surface area contributed by atoms with Gasteiger partial charge in [0.05, 0.1) is 6.61 Å². The van der Waals surface area contributed by atoms with Crippen LogP contribution < -0.4 is 4.74 Å². The van der Waals surface area contributed by atoms with Crippen molar-refractivity contribution in [1.82, 2.24) is 0 Å². The number of hydrogen-bond donors (Lipinski definition) is 0. The highest BCUT2D eigenvalue weighted by Gasteiger charge is 2.26. The van der Waals surface area contributed by atoms with Gasteiger partial charge in [0, 0.05) is 0 Å². The molecular weight excluding hydrogens is 421 g/mol. The second-order valence-electron chi connectivity index (χ2n) is 9.81. The van der Waals surface area contributed by atoms with E-state index in [1.807, 2.05) is 0 Å². The molecule has 1 fully saturated rings. The number of rotatable bonds is 17. The minimum absolute atomic E-state index is 0.0774. The molecule has 1 aromatic rings.